The zero-order valence-corrected chi connectivity index (χ0v) is 11.1. The van der Waals surface area contributed by atoms with E-state index in [1.807, 2.05) is 10.9 Å². The Morgan fingerprint density at radius 1 is 1.59 bits per heavy atom. The quantitative estimate of drug-likeness (QED) is 0.850. The van der Waals surface area contributed by atoms with E-state index in [2.05, 4.69) is 37.3 Å². The Kier molecular flexibility index (Phi) is 3.84. The summed E-state index contributed by atoms with van der Waals surface area (Å²) in [5.74, 6) is 0. The van der Waals surface area contributed by atoms with Crippen molar-refractivity contribution in [3.8, 4) is 0 Å². The summed E-state index contributed by atoms with van der Waals surface area (Å²) in [4.78, 5) is 0. The molecule has 4 nitrogen and oxygen atoms in total. The molecule has 0 radical (unpaired) electrons. The summed E-state index contributed by atoms with van der Waals surface area (Å²) in [6.45, 7) is 9.12. The second-order valence-electron chi connectivity index (χ2n) is 5.35. The van der Waals surface area contributed by atoms with E-state index in [1.54, 1.807) is 0 Å². The van der Waals surface area contributed by atoms with Crippen molar-refractivity contribution in [2.75, 3.05) is 6.54 Å². The molecule has 0 amide bonds. The van der Waals surface area contributed by atoms with Crippen LogP contribution in [0.5, 0.6) is 0 Å². The summed E-state index contributed by atoms with van der Waals surface area (Å²) in [6.07, 6.45) is 4.64. The minimum absolute atomic E-state index is 0.0460. The highest BCUT2D eigenvalue weighted by atomic mass is 16.5. The summed E-state index contributed by atoms with van der Waals surface area (Å²) in [6, 6.07) is 2.07. The summed E-state index contributed by atoms with van der Waals surface area (Å²) < 4.78 is 7.97. The number of hydrogen-bond acceptors (Lipinski definition) is 3. The van der Waals surface area contributed by atoms with Crippen LogP contribution in [0.4, 0.5) is 0 Å². The van der Waals surface area contributed by atoms with Gasteiger partial charge in [-0.05, 0) is 39.3 Å². The van der Waals surface area contributed by atoms with Crippen LogP contribution >= 0.6 is 0 Å². The molecule has 17 heavy (non-hydrogen) atoms. The highest BCUT2D eigenvalue weighted by Crippen LogP contribution is 2.29. The first-order chi connectivity index (χ1) is 8.09. The van der Waals surface area contributed by atoms with Gasteiger partial charge in [-0.3, -0.25) is 4.68 Å². The third-order valence-electron chi connectivity index (χ3n) is 3.20. The average molecular weight is 237 g/mol. The Hall–Kier alpha value is -0.870. The van der Waals surface area contributed by atoms with Crippen LogP contribution in [0.3, 0.4) is 0 Å². The number of hydrogen-bond donors (Lipinski definition) is 1. The molecule has 1 aromatic rings. The predicted octanol–water partition coefficient (Wildman–Crippen LogP) is 1.95. The molecule has 0 aromatic carbocycles. The molecule has 1 unspecified atom stereocenters. The molecule has 1 saturated heterocycles. The van der Waals surface area contributed by atoms with Gasteiger partial charge in [0.25, 0.3) is 0 Å². The van der Waals surface area contributed by atoms with Crippen LogP contribution in [0.2, 0.25) is 0 Å². The fourth-order valence-electron chi connectivity index (χ4n) is 2.27. The SMILES string of the molecule is CCNCc1ccn(CC2CCC(C)(C)O2)n1. The molecule has 1 aliphatic heterocycles. The molecular formula is C13H23N3O. The predicted molar refractivity (Wildman–Crippen MR) is 67.8 cm³/mol. The molecule has 0 spiro atoms. The van der Waals surface area contributed by atoms with Crippen molar-refractivity contribution in [1.82, 2.24) is 15.1 Å². The largest absolute Gasteiger partial charge is 0.370 e. The Bertz CT molecular complexity index is 359. The number of ether oxygens (including phenoxy) is 1. The van der Waals surface area contributed by atoms with E-state index in [0.717, 1.165) is 38.2 Å². The third-order valence-corrected chi connectivity index (χ3v) is 3.20. The molecule has 1 N–H and O–H groups in total. The van der Waals surface area contributed by atoms with Crippen LogP contribution in [-0.2, 0) is 17.8 Å². The maximum absolute atomic E-state index is 5.97. The lowest BCUT2D eigenvalue weighted by molar-refractivity contribution is -0.0230. The van der Waals surface area contributed by atoms with Crippen molar-refractivity contribution in [1.29, 1.82) is 0 Å². The Morgan fingerprint density at radius 3 is 3.06 bits per heavy atom. The lowest BCUT2D eigenvalue weighted by Gasteiger charge is -2.19. The number of nitrogens with zero attached hydrogens (tertiary/aromatic N) is 2. The van der Waals surface area contributed by atoms with Crippen molar-refractivity contribution >= 4 is 0 Å². The second kappa shape index (κ2) is 5.19. The fourth-order valence-corrected chi connectivity index (χ4v) is 2.27. The molecule has 1 aromatic heterocycles. The second-order valence-corrected chi connectivity index (χ2v) is 5.35. The average Bonchev–Trinajstić information content (AvgIpc) is 2.83. The highest BCUT2D eigenvalue weighted by molar-refractivity contribution is 4.98. The lowest BCUT2D eigenvalue weighted by atomic mass is 10.1. The van der Waals surface area contributed by atoms with E-state index < -0.39 is 0 Å². The standard InChI is InChI=1S/C13H23N3O/c1-4-14-9-11-6-8-16(15-11)10-12-5-7-13(2,3)17-12/h6,8,12,14H,4-5,7,9-10H2,1-3H3. The summed E-state index contributed by atoms with van der Waals surface area (Å²) in [5.41, 5.74) is 1.15. The number of aromatic nitrogens is 2. The molecule has 4 heteroatoms. The molecule has 2 rings (SSSR count). The summed E-state index contributed by atoms with van der Waals surface area (Å²) >= 11 is 0. The van der Waals surface area contributed by atoms with Gasteiger partial charge in [0.1, 0.15) is 0 Å². The van der Waals surface area contributed by atoms with E-state index in [0.29, 0.717) is 6.10 Å². The van der Waals surface area contributed by atoms with Crippen LogP contribution in [0.1, 0.15) is 39.3 Å². The Labute approximate surface area is 103 Å². The smallest absolute Gasteiger partial charge is 0.0779 e. The van der Waals surface area contributed by atoms with Crippen molar-refractivity contribution in [2.24, 2.45) is 0 Å². The Balaban J connectivity index is 1.85. The van der Waals surface area contributed by atoms with E-state index >= 15 is 0 Å². The molecule has 2 heterocycles. The van der Waals surface area contributed by atoms with E-state index in [9.17, 15) is 0 Å². The van der Waals surface area contributed by atoms with E-state index in [-0.39, 0.29) is 5.60 Å². The van der Waals surface area contributed by atoms with Gasteiger partial charge in [0.05, 0.1) is 23.9 Å². The van der Waals surface area contributed by atoms with Gasteiger partial charge in [-0.1, -0.05) is 6.92 Å². The lowest BCUT2D eigenvalue weighted by Crippen LogP contribution is -2.23. The first kappa shape index (κ1) is 12.6. The number of rotatable bonds is 5. The maximum atomic E-state index is 5.97. The normalized spacial score (nSPS) is 23.1. The zero-order valence-electron chi connectivity index (χ0n) is 11.1. The Morgan fingerprint density at radius 2 is 2.41 bits per heavy atom. The maximum Gasteiger partial charge on any atom is 0.0779 e. The first-order valence-electron chi connectivity index (χ1n) is 6.50. The van der Waals surface area contributed by atoms with Gasteiger partial charge in [-0.15, -0.1) is 0 Å². The summed E-state index contributed by atoms with van der Waals surface area (Å²) in [7, 11) is 0. The van der Waals surface area contributed by atoms with Gasteiger partial charge < -0.3 is 10.1 Å². The molecule has 0 bridgehead atoms. The van der Waals surface area contributed by atoms with E-state index in [1.165, 1.54) is 0 Å². The molecule has 1 aliphatic rings. The monoisotopic (exact) mass is 237 g/mol. The van der Waals surface area contributed by atoms with Gasteiger partial charge in [0.2, 0.25) is 0 Å². The van der Waals surface area contributed by atoms with Crippen molar-refractivity contribution in [2.45, 2.75) is 58.4 Å². The van der Waals surface area contributed by atoms with Gasteiger partial charge >= 0.3 is 0 Å². The van der Waals surface area contributed by atoms with Crippen molar-refractivity contribution in [3.05, 3.63) is 18.0 Å². The molecule has 0 saturated carbocycles. The third kappa shape index (κ3) is 3.54. The van der Waals surface area contributed by atoms with Crippen LogP contribution in [-0.4, -0.2) is 28.0 Å². The first-order valence-corrected chi connectivity index (χ1v) is 6.50. The van der Waals surface area contributed by atoms with Gasteiger partial charge in [0.15, 0.2) is 0 Å². The molecular weight excluding hydrogens is 214 g/mol. The zero-order chi connectivity index (χ0) is 12.3. The molecule has 0 aliphatic carbocycles. The van der Waals surface area contributed by atoms with Gasteiger partial charge in [-0.25, -0.2) is 0 Å². The van der Waals surface area contributed by atoms with Crippen LogP contribution in [0.15, 0.2) is 12.3 Å². The number of nitrogens with one attached hydrogen (secondary N) is 1. The van der Waals surface area contributed by atoms with Crippen LogP contribution < -0.4 is 5.32 Å². The van der Waals surface area contributed by atoms with Gasteiger partial charge in [-0.2, -0.15) is 5.10 Å². The molecule has 1 fully saturated rings. The summed E-state index contributed by atoms with van der Waals surface area (Å²) in [5, 5.41) is 7.81. The highest BCUT2D eigenvalue weighted by Gasteiger charge is 2.31. The van der Waals surface area contributed by atoms with Crippen LogP contribution in [0.25, 0.3) is 0 Å². The molecule has 96 valence electrons. The fraction of sp³-hybridized carbons (Fsp3) is 0.769. The topological polar surface area (TPSA) is 39.1 Å². The minimum Gasteiger partial charge on any atom is -0.370 e. The van der Waals surface area contributed by atoms with Crippen molar-refractivity contribution < 1.29 is 4.74 Å². The van der Waals surface area contributed by atoms with Crippen molar-refractivity contribution in [3.63, 3.8) is 0 Å². The van der Waals surface area contributed by atoms with Gasteiger partial charge in [0, 0.05) is 12.7 Å². The van der Waals surface area contributed by atoms with Crippen LogP contribution in [0, 0.1) is 0 Å². The molecule has 1 atom stereocenters. The minimum atomic E-state index is 0.0460. The van der Waals surface area contributed by atoms with E-state index in [4.69, 9.17) is 4.74 Å².